The maximum absolute atomic E-state index is 12.5. The Kier molecular flexibility index (Phi) is 7.00. The van der Waals surface area contributed by atoms with Crippen molar-refractivity contribution < 1.29 is 14.1 Å². The van der Waals surface area contributed by atoms with Crippen LogP contribution in [0.3, 0.4) is 0 Å². The Labute approximate surface area is 178 Å². The lowest BCUT2D eigenvalue weighted by Gasteiger charge is -2.32. The zero-order chi connectivity index (χ0) is 20.8. The van der Waals surface area contributed by atoms with E-state index < -0.39 is 0 Å². The number of aryl methyl sites for hydroxylation is 2. The summed E-state index contributed by atoms with van der Waals surface area (Å²) in [6, 6.07) is 8.30. The second kappa shape index (κ2) is 10.1. The van der Waals surface area contributed by atoms with Gasteiger partial charge in [0.25, 0.3) is 0 Å². The van der Waals surface area contributed by atoms with Gasteiger partial charge in [0.1, 0.15) is 0 Å². The third kappa shape index (κ3) is 5.59. The third-order valence-corrected chi connectivity index (χ3v) is 6.30. The number of ether oxygens (including phenoxy) is 1. The van der Waals surface area contributed by atoms with Crippen LogP contribution in [0.2, 0.25) is 0 Å². The third-order valence-electron chi connectivity index (χ3n) is 6.30. The molecule has 0 bridgehead atoms. The zero-order valence-corrected chi connectivity index (χ0v) is 17.8. The van der Waals surface area contributed by atoms with Crippen LogP contribution in [0, 0.1) is 12.8 Å². The summed E-state index contributed by atoms with van der Waals surface area (Å²) >= 11 is 0. The number of nitrogens with zero attached hydrogens (tertiary/aromatic N) is 3. The number of hydrogen-bond acceptors (Lipinski definition) is 5. The summed E-state index contributed by atoms with van der Waals surface area (Å²) in [5.74, 6) is 2.56. The van der Waals surface area contributed by atoms with Gasteiger partial charge in [0, 0.05) is 45.2 Å². The molecule has 0 radical (unpaired) electrons. The van der Waals surface area contributed by atoms with E-state index in [-0.39, 0.29) is 6.03 Å². The minimum absolute atomic E-state index is 0.0343. The van der Waals surface area contributed by atoms with E-state index in [0.29, 0.717) is 18.4 Å². The number of rotatable bonds is 6. The molecule has 0 spiro atoms. The first kappa shape index (κ1) is 20.8. The molecule has 2 aromatic rings. The lowest BCUT2D eigenvalue weighted by atomic mass is 9.92. The van der Waals surface area contributed by atoms with E-state index in [1.165, 1.54) is 5.56 Å². The van der Waals surface area contributed by atoms with Crippen LogP contribution in [0.25, 0.3) is 0 Å². The molecule has 2 saturated heterocycles. The van der Waals surface area contributed by atoms with Gasteiger partial charge in [0.2, 0.25) is 5.89 Å². The van der Waals surface area contributed by atoms with Gasteiger partial charge in [0.05, 0.1) is 0 Å². The SMILES string of the molecule is Cc1ccc(CNC(=O)N2CCC(CCc3nc(C4CCOCC4)no3)CC2)cc1. The van der Waals surface area contributed by atoms with Gasteiger partial charge in [-0.2, -0.15) is 4.98 Å². The molecule has 162 valence electrons. The van der Waals surface area contributed by atoms with Crippen LogP contribution in [0.1, 0.15) is 60.9 Å². The molecule has 2 fully saturated rings. The summed E-state index contributed by atoms with van der Waals surface area (Å²) in [7, 11) is 0. The number of benzene rings is 1. The first-order chi connectivity index (χ1) is 14.7. The molecular weight excluding hydrogens is 380 g/mol. The average molecular weight is 413 g/mol. The van der Waals surface area contributed by atoms with E-state index in [1.807, 2.05) is 4.90 Å². The molecule has 0 atom stereocenters. The largest absolute Gasteiger partial charge is 0.381 e. The van der Waals surface area contributed by atoms with Gasteiger partial charge in [0.15, 0.2) is 5.82 Å². The Bertz CT molecular complexity index is 806. The van der Waals surface area contributed by atoms with Crippen molar-refractivity contribution in [3.05, 3.63) is 47.1 Å². The van der Waals surface area contributed by atoms with Crippen molar-refractivity contribution in [3.63, 3.8) is 0 Å². The molecule has 1 N–H and O–H groups in total. The van der Waals surface area contributed by atoms with Crippen molar-refractivity contribution in [1.82, 2.24) is 20.4 Å². The van der Waals surface area contributed by atoms with E-state index in [0.717, 1.165) is 82.1 Å². The van der Waals surface area contributed by atoms with Crippen LogP contribution in [0.5, 0.6) is 0 Å². The zero-order valence-electron chi connectivity index (χ0n) is 17.8. The van der Waals surface area contributed by atoms with Crippen molar-refractivity contribution >= 4 is 6.03 Å². The topological polar surface area (TPSA) is 80.5 Å². The molecule has 0 unspecified atom stereocenters. The summed E-state index contributed by atoms with van der Waals surface area (Å²) in [4.78, 5) is 19.0. The van der Waals surface area contributed by atoms with Crippen LogP contribution >= 0.6 is 0 Å². The molecule has 1 aromatic heterocycles. The maximum Gasteiger partial charge on any atom is 0.317 e. The van der Waals surface area contributed by atoms with Gasteiger partial charge < -0.3 is 19.5 Å². The highest BCUT2D eigenvalue weighted by Crippen LogP contribution is 2.26. The Hall–Kier alpha value is -2.41. The minimum atomic E-state index is 0.0343. The molecule has 0 saturated carbocycles. The lowest BCUT2D eigenvalue weighted by Crippen LogP contribution is -2.44. The lowest BCUT2D eigenvalue weighted by molar-refractivity contribution is 0.0830. The van der Waals surface area contributed by atoms with Crippen molar-refractivity contribution in [1.29, 1.82) is 0 Å². The average Bonchev–Trinajstić information content (AvgIpc) is 3.27. The maximum atomic E-state index is 12.5. The van der Waals surface area contributed by atoms with Crippen molar-refractivity contribution in [2.75, 3.05) is 26.3 Å². The first-order valence-corrected chi connectivity index (χ1v) is 11.2. The number of aromatic nitrogens is 2. The highest BCUT2D eigenvalue weighted by molar-refractivity contribution is 5.74. The molecule has 2 aliphatic heterocycles. The summed E-state index contributed by atoms with van der Waals surface area (Å²) in [5, 5.41) is 7.23. The second-order valence-electron chi connectivity index (χ2n) is 8.55. The molecular formula is C23H32N4O3. The molecule has 3 heterocycles. The summed E-state index contributed by atoms with van der Waals surface area (Å²) in [6.07, 6.45) is 5.86. The van der Waals surface area contributed by atoms with Crippen LogP contribution in [0.15, 0.2) is 28.8 Å². The van der Waals surface area contributed by atoms with E-state index in [1.54, 1.807) is 0 Å². The molecule has 4 rings (SSSR count). The van der Waals surface area contributed by atoms with Gasteiger partial charge in [-0.3, -0.25) is 0 Å². The van der Waals surface area contributed by atoms with Gasteiger partial charge in [-0.1, -0.05) is 35.0 Å². The quantitative estimate of drug-likeness (QED) is 0.780. The standard InChI is InChI=1S/C23H32N4O3/c1-17-2-4-19(5-3-17)16-24-23(28)27-12-8-18(9-13-27)6-7-21-25-22(26-30-21)20-10-14-29-15-11-20/h2-5,18,20H,6-16H2,1H3,(H,24,28). The number of piperidine rings is 1. The van der Waals surface area contributed by atoms with Gasteiger partial charge in [-0.15, -0.1) is 0 Å². The molecule has 7 nitrogen and oxygen atoms in total. The molecule has 2 aliphatic rings. The van der Waals surface area contributed by atoms with Crippen LogP contribution in [0.4, 0.5) is 4.79 Å². The fourth-order valence-electron chi connectivity index (χ4n) is 4.24. The Morgan fingerprint density at radius 1 is 1.13 bits per heavy atom. The van der Waals surface area contributed by atoms with E-state index in [4.69, 9.17) is 9.26 Å². The molecule has 7 heteroatoms. The molecule has 2 amide bonds. The summed E-state index contributed by atoms with van der Waals surface area (Å²) in [6.45, 7) is 5.82. The molecule has 0 aliphatic carbocycles. The van der Waals surface area contributed by atoms with Crippen molar-refractivity contribution in [2.45, 2.75) is 57.9 Å². The predicted molar refractivity (Wildman–Crippen MR) is 113 cm³/mol. The summed E-state index contributed by atoms with van der Waals surface area (Å²) < 4.78 is 10.9. The van der Waals surface area contributed by atoms with Crippen molar-refractivity contribution in [3.8, 4) is 0 Å². The number of nitrogens with one attached hydrogen (secondary N) is 1. The van der Waals surface area contributed by atoms with Crippen LogP contribution < -0.4 is 5.32 Å². The fourth-order valence-corrected chi connectivity index (χ4v) is 4.24. The van der Waals surface area contributed by atoms with E-state index in [9.17, 15) is 4.79 Å². The van der Waals surface area contributed by atoms with Gasteiger partial charge >= 0.3 is 6.03 Å². The highest BCUT2D eigenvalue weighted by atomic mass is 16.5. The highest BCUT2D eigenvalue weighted by Gasteiger charge is 2.24. The van der Waals surface area contributed by atoms with Crippen molar-refractivity contribution in [2.24, 2.45) is 5.92 Å². The Morgan fingerprint density at radius 2 is 1.87 bits per heavy atom. The Balaban J connectivity index is 1.16. The predicted octanol–water partition coefficient (Wildman–Crippen LogP) is 3.83. The molecule has 30 heavy (non-hydrogen) atoms. The second-order valence-corrected chi connectivity index (χ2v) is 8.55. The Morgan fingerprint density at radius 3 is 2.60 bits per heavy atom. The van der Waals surface area contributed by atoms with E-state index in [2.05, 4.69) is 46.6 Å². The number of likely N-dealkylation sites (tertiary alicyclic amines) is 1. The fraction of sp³-hybridized carbons (Fsp3) is 0.609. The number of carbonyl (C=O) groups excluding carboxylic acids is 1. The number of urea groups is 1. The summed E-state index contributed by atoms with van der Waals surface area (Å²) in [5.41, 5.74) is 2.36. The number of carbonyl (C=O) groups is 1. The monoisotopic (exact) mass is 412 g/mol. The molecule has 1 aromatic carbocycles. The normalized spacial score (nSPS) is 18.5. The number of amides is 2. The van der Waals surface area contributed by atoms with E-state index >= 15 is 0 Å². The van der Waals surface area contributed by atoms with Gasteiger partial charge in [-0.05, 0) is 50.5 Å². The van der Waals surface area contributed by atoms with Crippen LogP contribution in [-0.2, 0) is 17.7 Å². The number of hydrogen-bond donors (Lipinski definition) is 1. The van der Waals surface area contributed by atoms with Gasteiger partial charge in [-0.25, -0.2) is 4.79 Å². The first-order valence-electron chi connectivity index (χ1n) is 11.2. The smallest absolute Gasteiger partial charge is 0.317 e. The minimum Gasteiger partial charge on any atom is -0.381 e. The van der Waals surface area contributed by atoms with Crippen LogP contribution in [-0.4, -0.2) is 47.4 Å².